The average Bonchev–Trinajstić information content (AvgIpc) is 2.70. The van der Waals surface area contributed by atoms with Gasteiger partial charge in [-0.3, -0.25) is 0 Å². The van der Waals surface area contributed by atoms with Crippen LogP contribution in [0.1, 0.15) is 31.4 Å². The molecule has 1 aliphatic rings. The van der Waals surface area contributed by atoms with E-state index in [9.17, 15) is 0 Å². The second-order valence-corrected chi connectivity index (χ2v) is 4.90. The Kier molecular flexibility index (Phi) is 3.11. The summed E-state index contributed by atoms with van der Waals surface area (Å²) < 4.78 is 0. The number of fused-ring (bicyclic) bond motifs is 1. The first-order chi connectivity index (χ1) is 7.22. The van der Waals surface area contributed by atoms with Crippen LogP contribution in [-0.2, 0) is 12.8 Å². The van der Waals surface area contributed by atoms with Crippen molar-refractivity contribution < 1.29 is 0 Å². The van der Waals surface area contributed by atoms with E-state index in [1.807, 2.05) is 0 Å². The molecule has 0 bridgehead atoms. The minimum Gasteiger partial charge on any atom is -0.327 e. The standard InChI is InChI=1S/C14H21N/c1-3-10(2)14(15)13-8-11-6-4-5-7-12(11)9-13/h4-7,10,13-14H,3,8-9,15H2,1-2H3. The first-order valence-electron chi connectivity index (χ1n) is 6.04. The Morgan fingerprint density at radius 3 is 2.27 bits per heavy atom. The van der Waals surface area contributed by atoms with Gasteiger partial charge in [-0.25, -0.2) is 0 Å². The molecule has 82 valence electrons. The summed E-state index contributed by atoms with van der Waals surface area (Å²) in [6.07, 6.45) is 3.55. The molecule has 0 amide bonds. The van der Waals surface area contributed by atoms with E-state index in [0.717, 1.165) is 0 Å². The maximum Gasteiger partial charge on any atom is 0.00992 e. The lowest BCUT2D eigenvalue weighted by atomic mass is 9.86. The van der Waals surface area contributed by atoms with Gasteiger partial charge in [-0.2, -0.15) is 0 Å². The molecule has 2 atom stereocenters. The van der Waals surface area contributed by atoms with Crippen molar-refractivity contribution in [1.82, 2.24) is 0 Å². The summed E-state index contributed by atoms with van der Waals surface area (Å²) in [6, 6.07) is 9.13. The van der Waals surface area contributed by atoms with Gasteiger partial charge in [-0.05, 0) is 35.8 Å². The fraction of sp³-hybridized carbons (Fsp3) is 0.571. The molecule has 15 heavy (non-hydrogen) atoms. The number of nitrogens with two attached hydrogens (primary N) is 1. The van der Waals surface area contributed by atoms with E-state index in [-0.39, 0.29) is 0 Å². The summed E-state index contributed by atoms with van der Waals surface area (Å²) in [4.78, 5) is 0. The maximum absolute atomic E-state index is 6.31. The van der Waals surface area contributed by atoms with Gasteiger partial charge in [0.05, 0.1) is 0 Å². The van der Waals surface area contributed by atoms with Gasteiger partial charge in [0.1, 0.15) is 0 Å². The minimum atomic E-state index is 0.363. The third-order valence-electron chi connectivity index (χ3n) is 3.93. The lowest BCUT2D eigenvalue weighted by molar-refractivity contribution is 0.327. The van der Waals surface area contributed by atoms with Crippen LogP contribution in [0.4, 0.5) is 0 Å². The topological polar surface area (TPSA) is 26.0 Å². The molecule has 2 unspecified atom stereocenters. The summed E-state index contributed by atoms with van der Waals surface area (Å²) in [5, 5.41) is 0. The Morgan fingerprint density at radius 2 is 1.80 bits per heavy atom. The van der Waals surface area contributed by atoms with E-state index in [0.29, 0.717) is 17.9 Å². The van der Waals surface area contributed by atoms with Gasteiger partial charge in [-0.1, -0.05) is 44.5 Å². The van der Waals surface area contributed by atoms with Gasteiger partial charge < -0.3 is 5.73 Å². The van der Waals surface area contributed by atoms with Crippen molar-refractivity contribution in [1.29, 1.82) is 0 Å². The summed E-state index contributed by atoms with van der Waals surface area (Å²) in [5.41, 5.74) is 9.34. The Morgan fingerprint density at radius 1 is 1.27 bits per heavy atom. The van der Waals surface area contributed by atoms with Crippen LogP contribution in [0.15, 0.2) is 24.3 Å². The Balaban J connectivity index is 2.07. The molecule has 0 spiro atoms. The second-order valence-electron chi connectivity index (χ2n) is 4.90. The average molecular weight is 203 g/mol. The molecule has 2 rings (SSSR count). The Bertz CT molecular complexity index is 307. The second kappa shape index (κ2) is 4.36. The Hall–Kier alpha value is -0.820. The first-order valence-corrected chi connectivity index (χ1v) is 6.04. The number of hydrogen-bond donors (Lipinski definition) is 1. The molecule has 0 heterocycles. The van der Waals surface area contributed by atoms with Crippen LogP contribution in [-0.4, -0.2) is 6.04 Å². The van der Waals surface area contributed by atoms with Crippen LogP contribution < -0.4 is 5.73 Å². The normalized spacial score (nSPS) is 19.9. The van der Waals surface area contributed by atoms with Crippen LogP contribution in [0.25, 0.3) is 0 Å². The van der Waals surface area contributed by atoms with Gasteiger partial charge >= 0.3 is 0 Å². The van der Waals surface area contributed by atoms with Crippen LogP contribution in [0.5, 0.6) is 0 Å². The lowest BCUT2D eigenvalue weighted by Gasteiger charge is -2.24. The molecule has 0 fully saturated rings. The van der Waals surface area contributed by atoms with E-state index in [1.54, 1.807) is 0 Å². The predicted octanol–water partition coefficient (Wildman–Crippen LogP) is 2.77. The van der Waals surface area contributed by atoms with Crippen molar-refractivity contribution in [3.05, 3.63) is 35.4 Å². The maximum atomic E-state index is 6.31. The molecule has 2 N–H and O–H groups in total. The monoisotopic (exact) mass is 203 g/mol. The molecule has 0 saturated carbocycles. The lowest BCUT2D eigenvalue weighted by Crippen LogP contribution is -2.36. The van der Waals surface area contributed by atoms with E-state index in [2.05, 4.69) is 38.1 Å². The Labute approximate surface area is 92.7 Å². The van der Waals surface area contributed by atoms with E-state index in [4.69, 9.17) is 5.73 Å². The molecule has 0 aromatic heterocycles. The number of rotatable bonds is 3. The van der Waals surface area contributed by atoms with E-state index < -0.39 is 0 Å². The third kappa shape index (κ3) is 2.07. The van der Waals surface area contributed by atoms with Crippen LogP contribution in [0.2, 0.25) is 0 Å². The highest BCUT2D eigenvalue weighted by atomic mass is 14.7. The summed E-state index contributed by atoms with van der Waals surface area (Å²) in [7, 11) is 0. The van der Waals surface area contributed by atoms with Crippen molar-refractivity contribution in [2.45, 2.75) is 39.2 Å². The van der Waals surface area contributed by atoms with E-state index >= 15 is 0 Å². The van der Waals surface area contributed by atoms with Gasteiger partial charge in [-0.15, -0.1) is 0 Å². The van der Waals surface area contributed by atoms with Gasteiger partial charge in [0.2, 0.25) is 0 Å². The molecule has 1 heteroatoms. The van der Waals surface area contributed by atoms with E-state index in [1.165, 1.54) is 30.4 Å². The third-order valence-corrected chi connectivity index (χ3v) is 3.93. The van der Waals surface area contributed by atoms with Crippen LogP contribution in [0.3, 0.4) is 0 Å². The fourth-order valence-corrected chi connectivity index (χ4v) is 2.60. The van der Waals surface area contributed by atoms with Crippen molar-refractivity contribution in [2.75, 3.05) is 0 Å². The van der Waals surface area contributed by atoms with Crippen molar-refractivity contribution in [3.8, 4) is 0 Å². The quantitative estimate of drug-likeness (QED) is 0.803. The zero-order chi connectivity index (χ0) is 10.8. The van der Waals surface area contributed by atoms with Crippen molar-refractivity contribution in [2.24, 2.45) is 17.6 Å². The molecule has 1 aliphatic carbocycles. The summed E-state index contributed by atoms with van der Waals surface area (Å²) >= 11 is 0. The van der Waals surface area contributed by atoms with Crippen molar-refractivity contribution in [3.63, 3.8) is 0 Å². The number of benzene rings is 1. The zero-order valence-electron chi connectivity index (χ0n) is 9.74. The largest absolute Gasteiger partial charge is 0.327 e. The van der Waals surface area contributed by atoms with Gasteiger partial charge in [0.15, 0.2) is 0 Å². The summed E-state index contributed by atoms with van der Waals surface area (Å²) in [6.45, 7) is 4.50. The molecule has 0 saturated heterocycles. The van der Waals surface area contributed by atoms with Gasteiger partial charge in [0, 0.05) is 6.04 Å². The molecule has 0 aliphatic heterocycles. The van der Waals surface area contributed by atoms with Crippen LogP contribution >= 0.6 is 0 Å². The first kappa shape index (κ1) is 10.7. The minimum absolute atomic E-state index is 0.363. The van der Waals surface area contributed by atoms with Gasteiger partial charge in [0.25, 0.3) is 0 Å². The highest BCUT2D eigenvalue weighted by molar-refractivity contribution is 5.32. The van der Waals surface area contributed by atoms with Crippen molar-refractivity contribution >= 4 is 0 Å². The predicted molar refractivity (Wildman–Crippen MR) is 64.8 cm³/mol. The molecule has 0 radical (unpaired) electrons. The molecule has 1 aromatic rings. The fourth-order valence-electron chi connectivity index (χ4n) is 2.60. The molecular formula is C14H21N. The number of hydrogen-bond acceptors (Lipinski definition) is 1. The highest BCUT2D eigenvalue weighted by Crippen LogP contribution is 2.30. The summed E-state index contributed by atoms with van der Waals surface area (Å²) in [5.74, 6) is 1.31. The smallest absolute Gasteiger partial charge is 0.00992 e. The SMILES string of the molecule is CCC(C)C(N)C1Cc2ccccc2C1. The molecular weight excluding hydrogens is 182 g/mol. The molecule has 1 nitrogen and oxygen atoms in total. The highest BCUT2D eigenvalue weighted by Gasteiger charge is 2.28. The zero-order valence-corrected chi connectivity index (χ0v) is 9.74. The molecule has 1 aromatic carbocycles. The van der Waals surface area contributed by atoms with Crippen LogP contribution in [0, 0.1) is 11.8 Å².